The van der Waals surface area contributed by atoms with Gasteiger partial charge in [0.2, 0.25) is 0 Å². The first kappa shape index (κ1) is 26.2. The maximum absolute atomic E-state index is 13.9. The maximum atomic E-state index is 13.9. The number of hydrogen-bond donors (Lipinski definition) is 1. The fraction of sp³-hybridized carbons (Fsp3) is 0.286. The summed E-state index contributed by atoms with van der Waals surface area (Å²) < 4.78 is 52.2. The average Bonchev–Trinajstić information content (AvgIpc) is 3.27. The zero-order chi connectivity index (χ0) is 26.8. The van der Waals surface area contributed by atoms with Gasteiger partial charge in [-0.15, -0.1) is 0 Å². The number of methoxy groups -OCH3 is 1. The summed E-state index contributed by atoms with van der Waals surface area (Å²) in [6, 6.07) is 23.1. The number of hydrogen-bond acceptors (Lipinski definition) is 5. The predicted octanol–water partition coefficient (Wildman–Crippen LogP) is 5.29. The molecule has 1 heterocycles. The second kappa shape index (κ2) is 9.89. The Morgan fingerprint density at radius 3 is 2.24 bits per heavy atom. The summed E-state index contributed by atoms with van der Waals surface area (Å²) in [6.07, 6.45) is -6.06. The molecular formula is C28H27F3N2O4. The number of carbonyl (C=O) groups is 1. The van der Waals surface area contributed by atoms with Crippen LogP contribution in [0.3, 0.4) is 0 Å². The highest BCUT2D eigenvalue weighted by Crippen LogP contribution is 2.41. The molecule has 194 valence electrons. The third-order valence-electron chi connectivity index (χ3n) is 6.51. The zero-order valence-corrected chi connectivity index (χ0v) is 20.6. The largest absolute Gasteiger partial charge is 0.497 e. The van der Waals surface area contributed by atoms with Gasteiger partial charge in [0, 0.05) is 11.0 Å². The van der Waals surface area contributed by atoms with E-state index in [-0.39, 0.29) is 16.1 Å². The van der Waals surface area contributed by atoms with Gasteiger partial charge >= 0.3 is 6.18 Å². The minimum atomic E-state index is -5.14. The molecule has 1 N–H and O–H groups in total. The van der Waals surface area contributed by atoms with Crippen LogP contribution in [0.25, 0.3) is 0 Å². The van der Waals surface area contributed by atoms with E-state index in [1.807, 2.05) is 42.5 Å². The lowest BCUT2D eigenvalue weighted by atomic mass is 9.78. The van der Waals surface area contributed by atoms with Gasteiger partial charge in [0.05, 0.1) is 19.2 Å². The summed E-state index contributed by atoms with van der Waals surface area (Å²) in [5, 5.41) is 14.4. The number of halogens is 3. The molecule has 0 aromatic heterocycles. The van der Waals surface area contributed by atoms with Gasteiger partial charge in [0.1, 0.15) is 11.5 Å². The number of ether oxygens (including phenoxy) is 2. The predicted molar refractivity (Wildman–Crippen MR) is 133 cm³/mol. The summed E-state index contributed by atoms with van der Waals surface area (Å²) in [5.41, 5.74) is -1.47. The number of carbonyl (C=O) groups excluding carboxylic acids is 1. The number of rotatable bonds is 7. The van der Waals surface area contributed by atoms with Crippen molar-refractivity contribution in [3.05, 3.63) is 95.6 Å². The lowest BCUT2D eigenvalue weighted by Gasteiger charge is -2.32. The fourth-order valence-electron chi connectivity index (χ4n) is 4.19. The Morgan fingerprint density at radius 2 is 1.62 bits per heavy atom. The molecule has 1 amide bonds. The number of aliphatic hydroxyl groups is 1. The maximum Gasteiger partial charge on any atom is 0.438 e. The molecule has 37 heavy (non-hydrogen) atoms. The first-order valence-electron chi connectivity index (χ1n) is 11.6. The molecule has 0 saturated carbocycles. The lowest BCUT2D eigenvalue weighted by molar-refractivity contribution is -0.302. The Kier molecular flexibility index (Phi) is 7.01. The van der Waals surface area contributed by atoms with Gasteiger partial charge in [0.15, 0.2) is 6.61 Å². The molecule has 1 atom stereocenters. The highest BCUT2D eigenvalue weighted by molar-refractivity contribution is 6.03. The summed E-state index contributed by atoms with van der Waals surface area (Å²) in [4.78, 5) is 12.8. The van der Waals surface area contributed by atoms with Crippen LogP contribution in [0, 0.1) is 0 Å². The Morgan fingerprint density at radius 1 is 0.973 bits per heavy atom. The number of hydrazone groups is 1. The van der Waals surface area contributed by atoms with Gasteiger partial charge < -0.3 is 14.6 Å². The number of benzene rings is 3. The van der Waals surface area contributed by atoms with Crippen molar-refractivity contribution in [2.24, 2.45) is 5.10 Å². The molecule has 4 rings (SSSR count). The van der Waals surface area contributed by atoms with Gasteiger partial charge in [-0.3, -0.25) is 4.79 Å². The third-order valence-corrected chi connectivity index (χ3v) is 6.51. The van der Waals surface area contributed by atoms with Crippen LogP contribution in [-0.2, 0) is 10.2 Å². The standard InChI is InChI=1S/C28H27F3N2O4/c1-26(2,20-9-5-4-6-10-20)21-12-14-22(15-13-21)37-18-25(34)33-27(35,28(29,30)31)17-24(32-33)19-8-7-11-23(16-19)36-3/h4-16,35H,17-18H2,1-3H3. The van der Waals surface area contributed by atoms with E-state index in [0.717, 1.165) is 11.1 Å². The van der Waals surface area contributed by atoms with Gasteiger partial charge in [-0.25, -0.2) is 0 Å². The lowest BCUT2D eigenvalue weighted by Crippen LogP contribution is -2.57. The molecular weight excluding hydrogens is 485 g/mol. The van der Waals surface area contributed by atoms with Gasteiger partial charge in [-0.1, -0.05) is 68.4 Å². The van der Waals surface area contributed by atoms with E-state index in [1.165, 1.54) is 19.2 Å². The van der Waals surface area contributed by atoms with Crippen molar-refractivity contribution < 1.29 is 32.5 Å². The van der Waals surface area contributed by atoms with Gasteiger partial charge in [-0.2, -0.15) is 23.3 Å². The van der Waals surface area contributed by atoms with Crippen LogP contribution in [0.15, 0.2) is 84.0 Å². The highest BCUT2D eigenvalue weighted by atomic mass is 19.4. The van der Waals surface area contributed by atoms with E-state index in [1.54, 1.807) is 24.3 Å². The van der Waals surface area contributed by atoms with Crippen molar-refractivity contribution in [3.8, 4) is 11.5 Å². The molecule has 0 saturated heterocycles. The molecule has 0 aliphatic carbocycles. The normalized spacial score (nSPS) is 17.9. The quantitative estimate of drug-likeness (QED) is 0.467. The topological polar surface area (TPSA) is 71.4 Å². The highest BCUT2D eigenvalue weighted by Gasteiger charge is 2.63. The number of alkyl halides is 3. The SMILES string of the molecule is COc1cccc(C2=NN(C(=O)COc3ccc(C(C)(C)c4ccccc4)cc3)C(O)(C(F)(F)F)C2)c1. The molecule has 9 heteroatoms. The van der Waals surface area contributed by atoms with E-state index < -0.39 is 30.8 Å². The van der Waals surface area contributed by atoms with E-state index in [4.69, 9.17) is 9.47 Å². The molecule has 3 aromatic rings. The first-order chi connectivity index (χ1) is 17.5. The molecule has 0 bridgehead atoms. The van der Waals surface area contributed by atoms with E-state index in [0.29, 0.717) is 17.1 Å². The average molecular weight is 513 g/mol. The first-order valence-corrected chi connectivity index (χ1v) is 11.6. The van der Waals surface area contributed by atoms with Crippen LogP contribution in [0.5, 0.6) is 11.5 Å². The van der Waals surface area contributed by atoms with Crippen molar-refractivity contribution in [2.75, 3.05) is 13.7 Å². The molecule has 1 unspecified atom stereocenters. The smallest absolute Gasteiger partial charge is 0.438 e. The summed E-state index contributed by atoms with van der Waals surface area (Å²) in [5.74, 6) is -0.429. The fourth-order valence-corrected chi connectivity index (χ4v) is 4.19. The van der Waals surface area contributed by atoms with Crippen LogP contribution in [0.4, 0.5) is 13.2 Å². The molecule has 6 nitrogen and oxygen atoms in total. The van der Waals surface area contributed by atoms with Crippen molar-refractivity contribution in [3.63, 3.8) is 0 Å². The van der Waals surface area contributed by atoms with Crippen LogP contribution >= 0.6 is 0 Å². The Hall–Kier alpha value is -3.85. The Labute approximate surface area is 212 Å². The van der Waals surface area contributed by atoms with E-state index in [2.05, 4.69) is 18.9 Å². The van der Waals surface area contributed by atoms with Crippen LogP contribution in [0.1, 0.15) is 37.0 Å². The van der Waals surface area contributed by atoms with Gasteiger partial charge in [-0.05, 0) is 35.4 Å². The molecule has 1 aliphatic heterocycles. The Balaban J connectivity index is 1.51. The summed E-state index contributed by atoms with van der Waals surface area (Å²) in [6.45, 7) is 3.41. The number of nitrogens with zero attached hydrogens (tertiary/aromatic N) is 2. The van der Waals surface area contributed by atoms with E-state index >= 15 is 0 Å². The van der Waals surface area contributed by atoms with Crippen molar-refractivity contribution in [2.45, 2.75) is 37.6 Å². The van der Waals surface area contributed by atoms with Crippen LogP contribution < -0.4 is 9.47 Å². The van der Waals surface area contributed by atoms with Crippen LogP contribution in [0.2, 0.25) is 0 Å². The van der Waals surface area contributed by atoms with E-state index in [9.17, 15) is 23.1 Å². The molecule has 1 aliphatic rings. The summed E-state index contributed by atoms with van der Waals surface area (Å²) >= 11 is 0. The Bertz CT molecular complexity index is 1290. The second-order valence-electron chi connectivity index (χ2n) is 9.28. The monoisotopic (exact) mass is 512 g/mol. The molecule has 0 radical (unpaired) electrons. The minimum absolute atomic E-state index is 0.0642. The number of amides is 1. The van der Waals surface area contributed by atoms with Gasteiger partial charge in [0.25, 0.3) is 11.6 Å². The van der Waals surface area contributed by atoms with Crippen molar-refractivity contribution >= 4 is 11.6 Å². The molecule has 0 spiro atoms. The van der Waals surface area contributed by atoms with Crippen molar-refractivity contribution in [1.82, 2.24) is 5.01 Å². The third kappa shape index (κ3) is 5.17. The molecule has 0 fully saturated rings. The minimum Gasteiger partial charge on any atom is -0.497 e. The van der Waals surface area contributed by atoms with Crippen molar-refractivity contribution in [1.29, 1.82) is 0 Å². The summed E-state index contributed by atoms with van der Waals surface area (Å²) in [7, 11) is 1.42. The van der Waals surface area contributed by atoms with Crippen LogP contribution in [-0.4, -0.2) is 47.4 Å². The second-order valence-corrected chi connectivity index (χ2v) is 9.28. The zero-order valence-electron chi connectivity index (χ0n) is 20.6. The molecule has 3 aromatic carbocycles.